The van der Waals surface area contributed by atoms with Crippen LogP contribution in [0.25, 0.3) is 0 Å². The van der Waals surface area contributed by atoms with Gasteiger partial charge in [0, 0.05) is 11.1 Å². The number of ether oxygens (including phenoxy) is 3. The van der Waals surface area contributed by atoms with Gasteiger partial charge in [0.2, 0.25) is 5.91 Å². The molecule has 1 aliphatic heterocycles. The summed E-state index contributed by atoms with van der Waals surface area (Å²) in [5.74, 6) is 1.01. The molecule has 0 saturated heterocycles. The van der Waals surface area contributed by atoms with E-state index in [-0.39, 0.29) is 24.5 Å². The fourth-order valence-electron chi connectivity index (χ4n) is 3.10. The lowest BCUT2D eigenvalue weighted by molar-refractivity contribution is -0.122. The first-order valence-electron chi connectivity index (χ1n) is 8.66. The average molecular weight is 378 g/mol. The lowest BCUT2D eigenvalue weighted by Gasteiger charge is -2.27. The van der Waals surface area contributed by atoms with Gasteiger partial charge in [-0.05, 0) is 12.1 Å². The number of carbonyl (C=O) groups is 1. The number of nitrogens with zero attached hydrogens (tertiary/aromatic N) is 3. The van der Waals surface area contributed by atoms with Gasteiger partial charge in [0.25, 0.3) is 0 Å². The van der Waals surface area contributed by atoms with Crippen molar-refractivity contribution < 1.29 is 19.0 Å². The second-order valence-electron chi connectivity index (χ2n) is 6.05. The van der Waals surface area contributed by atoms with Gasteiger partial charge in [-0.25, -0.2) is 0 Å². The summed E-state index contributed by atoms with van der Waals surface area (Å²) in [6.07, 6.45) is 0. The van der Waals surface area contributed by atoms with E-state index in [2.05, 4.69) is 20.3 Å². The Bertz CT molecular complexity index is 957. The van der Waals surface area contributed by atoms with Crippen molar-refractivity contribution in [2.75, 3.05) is 14.2 Å². The van der Waals surface area contributed by atoms with Crippen LogP contribution in [0, 0.1) is 0 Å². The Morgan fingerprint density at radius 2 is 1.46 bits per heavy atom. The summed E-state index contributed by atoms with van der Waals surface area (Å²) < 4.78 is 16.0. The molecule has 0 bridgehead atoms. The molecule has 28 heavy (non-hydrogen) atoms. The van der Waals surface area contributed by atoms with Crippen LogP contribution >= 0.6 is 0 Å². The normalized spacial score (nSPS) is 12.4. The molecule has 0 atom stereocenters. The van der Waals surface area contributed by atoms with Crippen molar-refractivity contribution in [3.63, 3.8) is 0 Å². The summed E-state index contributed by atoms with van der Waals surface area (Å²) in [7, 11) is 2.90. The number of para-hydroxylation sites is 2. The van der Waals surface area contributed by atoms with E-state index in [9.17, 15) is 4.79 Å². The minimum Gasteiger partial charge on any atom is -0.467 e. The van der Waals surface area contributed by atoms with Crippen LogP contribution in [0.15, 0.2) is 48.5 Å². The predicted molar refractivity (Wildman–Crippen MR) is 99.6 cm³/mol. The maximum absolute atomic E-state index is 13.1. The number of hydrogen-bond donors (Lipinski definition) is 1. The van der Waals surface area contributed by atoms with Gasteiger partial charge >= 0.3 is 12.0 Å². The molecule has 1 N–H and O–H groups in total. The monoisotopic (exact) mass is 378 g/mol. The molecule has 2 heterocycles. The first kappa shape index (κ1) is 17.7. The molecular weight excluding hydrogens is 360 g/mol. The standard InChI is InChI=1S/C20H18N4O4/c1-26-19-22-16(23-20(24-19)27-2)11-21-18(25)17-12-7-3-5-9-14(12)28-15-10-6-4-8-13(15)17/h3-10,17H,11H2,1-2H3,(H,21,25). The molecule has 2 aromatic carbocycles. The summed E-state index contributed by atoms with van der Waals surface area (Å²) >= 11 is 0. The van der Waals surface area contributed by atoms with Crippen molar-refractivity contribution in [3.05, 3.63) is 65.5 Å². The van der Waals surface area contributed by atoms with E-state index in [1.165, 1.54) is 14.2 Å². The molecule has 0 fully saturated rings. The third-order valence-corrected chi connectivity index (χ3v) is 4.37. The van der Waals surface area contributed by atoms with Crippen molar-refractivity contribution in [3.8, 4) is 23.5 Å². The summed E-state index contributed by atoms with van der Waals surface area (Å²) in [5, 5.41) is 2.89. The number of carbonyl (C=O) groups excluding carboxylic acids is 1. The van der Waals surface area contributed by atoms with Crippen LogP contribution in [0.1, 0.15) is 22.9 Å². The van der Waals surface area contributed by atoms with Gasteiger partial charge in [-0.3, -0.25) is 4.79 Å². The Hall–Kier alpha value is -3.68. The Morgan fingerprint density at radius 3 is 2.00 bits per heavy atom. The average Bonchev–Trinajstić information content (AvgIpc) is 2.75. The zero-order valence-corrected chi connectivity index (χ0v) is 15.4. The third kappa shape index (κ3) is 3.32. The largest absolute Gasteiger partial charge is 0.467 e. The maximum atomic E-state index is 13.1. The molecule has 1 aromatic heterocycles. The van der Waals surface area contributed by atoms with Gasteiger partial charge in [-0.1, -0.05) is 36.4 Å². The molecule has 142 valence electrons. The second-order valence-corrected chi connectivity index (χ2v) is 6.05. The Labute approximate surface area is 161 Å². The molecule has 4 rings (SSSR count). The maximum Gasteiger partial charge on any atom is 0.322 e. The number of fused-ring (bicyclic) bond motifs is 2. The van der Waals surface area contributed by atoms with E-state index < -0.39 is 5.92 Å². The lowest BCUT2D eigenvalue weighted by Crippen LogP contribution is -2.31. The zero-order valence-electron chi connectivity index (χ0n) is 15.4. The van der Waals surface area contributed by atoms with Gasteiger partial charge in [-0.2, -0.15) is 9.97 Å². The van der Waals surface area contributed by atoms with Crippen LogP contribution in [0.5, 0.6) is 23.5 Å². The highest BCUT2D eigenvalue weighted by atomic mass is 16.5. The van der Waals surface area contributed by atoms with Crippen LogP contribution in [-0.4, -0.2) is 35.1 Å². The number of amides is 1. The minimum absolute atomic E-state index is 0.107. The SMILES string of the molecule is COc1nc(CNC(=O)C2c3ccccc3Oc3ccccc32)nc(OC)n1. The summed E-state index contributed by atoms with van der Waals surface area (Å²) in [4.78, 5) is 25.3. The first-order valence-corrected chi connectivity index (χ1v) is 8.66. The van der Waals surface area contributed by atoms with Gasteiger partial charge < -0.3 is 19.5 Å². The van der Waals surface area contributed by atoms with E-state index in [4.69, 9.17) is 14.2 Å². The van der Waals surface area contributed by atoms with E-state index in [1.54, 1.807) is 0 Å². The minimum atomic E-state index is -0.494. The zero-order chi connectivity index (χ0) is 19.5. The summed E-state index contributed by atoms with van der Waals surface area (Å²) in [6, 6.07) is 15.3. The van der Waals surface area contributed by atoms with Crippen LogP contribution in [0.3, 0.4) is 0 Å². The molecule has 1 amide bonds. The van der Waals surface area contributed by atoms with Crippen LogP contribution in [0.4, 0.5) is 0 Å². The van der Waals surface area contributed by atoms with Gasteiger partial charge in [0.1, 0.15) is 11.5 Å². The van der Waals surface area contributed by atoms with E-state index in [0.717, 1.165) is 11.1 Å². The molecule has 0 spiro atoms. The highest BCUT2D eigenvalue weighted by Gasteiger charge is 2.32. The van der Waals surface area contributed by atoms with Gasteiger partial charge in [0.15, 0.2) is 5.82 Å². The first-order chi connectivity index (χ1) is 13.7. The van der Waals surface area contributed by atoms with E-state index in [1.807, 2.05) is 48.5 Å². The summed E-state index contributed by atoms with van der Waals surface area (Å²) in [6.45, 7) is 0.107. The Morgan fingerprint density at radius 1 is 0.929 bits per heavy atom. The van der Waals surface area contributed by atoms with Crippen LogP contribution < -0.4 is 19.5 Å². The number of nitrogens with one attached hydrogen (secondary N) is 1. The fourth-order valence-corrected chi connectivity index (χ4v) is 3.10. The molecule has 8 heteroatoms. The smallest absolute Gasteiger partial charge is 0.322 e. The highest BCUT2D eigenvalue weighted by molar-refractivity contribution is 5.89. The number of aromatic nitrogens is 3. The number of rotatable bonds is 5. The molecule has 3 aromatic rings. The number of benzene rings is 2. The lowest BCUT2D eigenvalue weighted by atomic mass is 9.87. The molecule has 0 radical (unpaired) electrons. The van der Waals surface area contributed by atoms with Crippen molar-refractivity contribution >= 4 is 5.91 Å². The third-order valence-electron chi connectivity index (χ3n) is 4.37. The highest BCUT2D eigenvalue weighted by Crippen LogP contribution is 2.43. The molecule has 8 nitrogen and oxygen atoms in total. The van der Waals surface area contributed by atoms with Crippen LogP contribution in [0.2, 0.25) is 0 Å². The van der Waals surface area contributed by atoms with Gasteiger partial charge in [-0.15, -0.1) is 4.98 Å². The van der Waals surface area contributed by atoms with E-state index >= 15 is 0 Å². The molecule has 1 aliphatic rings. The van der Waals surface area contributed by atoms with Gasteiger partial charge in [0.05, 0.1) is 26.7 Å². The van der Waals surface area contributed by atoms with Crippen molar-refractivity contribution in [1.82, 2.24) is 20.3 Å². The summed E-state index contributed by atoms with van der Waals surface area (Å²) in [5.41, 5.74) is 1.62. The molecular formula is C20H18N4O4. The van der Waals surface area contributed by atoms with Crippen molar-refractivity contribution in [1.29, 1.82) is 0 Å². The quantitative estimate of drug-likeness (QED) is 0.728. The Balaban J connectivity index is 1.61. The fraction of sp³-hybridized carbons (Fsp3) is 0.200. The van der Waals surface area contributed by atoms with Crippen molar-refractivity contribution in [2.24, 2.45) is 0 Å². The topological polar surface area (TPSA) is 95.5 Å². The Kier molecular flexibility index (Phi) is 4.76. The number of hydrogen-bond acceptors (Lipinski definition) is 7. The van der Waals surface area contributed by atoms with E-state index in [0.29, 0.717) is 17.3 Å². The number of methoxy groups -OCH3 is 2. The molecule has 0 unspecified atom stereocenters. The predicted octanol–water partition coefficient (Wildman–Crippen LogP) is 2.44. The molecule has 0 aliphatic carbocycles. The van der Waals surface area contributed by atoms with Crippen LogP contribution in [-0.2, 0) is 11.3 Å². The second kappa shape index (κ2) is 7.51. The van der Waals surface area contributed by atoms with Crippen molar-refractivity contribution in [2.45, 2.75) is 12.5 Å². The molecule has 0 saturated carbocycles.